The topological polar surface area (TPSA) is 55.2 Å². The van der Waals surface area contributed by atoms with Crippen molar-refractivity contribution in [3.63, 3.8) is 0 Å². The van der Waals surface area contributed by atoms with Gasteiger partial charge in [-0.1, -0.05) is 62.4 Å². The lowest BCUT2D eigenvalue weighted by Gasteiger charge is -2.24. The maximum atomic E-state index is 13.5. The first-order valence-corrected chi connectivity index (χ1v) is 11.3. The minimum atomic E-state index is -0.140. The monoisotopic (exact) mass is 431 g/mol. The van der Waals surface area contributed by atoms with Crippen molar-refractivity contribution in [1.29, 1.82) is 0 Å². The number of anilines is 1. The molecule has 1 amide bonds. The van der Waals surface area contributed by atoms with Crippen molar-refractivity contribution in [2.75, 3.05) is 4.90 Å². The van der Waals surface area contributed by atoms with Gasteiger partial charge >= 0.3 is 0 Å². The predicted molar refractivity (Wildman–Crippen MR) is 127 cm³/mol. The summed E-state index contributed by atoms with van der Waals surface area (Å²) in [7, 11) is 0. The fourth-order valence-corrected chi connectivity index (χ4v) is 4.61. The van der Waals surface area contributed by atoms with Crippen LogP contribution in [-0.2, 0) is 30.7 Å². The van der Waals surface area contributed by atoms with Crippen molar-refractivity contribution in [2.24, 2.45) is 0 Å². The average molecular weight is 432 g/mol. The van der Waals surface area contributed by atoms with Crippen LogP contribution in [-0.4, -0.2) is 15.5 Å². The highest BCUT2D eigenvalue weighted by molar-refractivity contribution is 7.18. The second-order valence-corrected chi connectivity index (χ2v) is 8.47. The third kappa shape index (κ3) is 4.44. The molecule has 6 heteroatoms. The lowest BCUT2D eigenvalue weighted by Crippen LogP contribution is -2.37. The molecule has 31 heavy (non-hydrogen) atoms. The first kappa shape index (κ1) is 21.0. The molecule has 0 bridgehead atoms. The van der Waals surface area contributed by atoms with Crippen LogP contribution in [0.5, 0.6) is 0 Å². The first-order valence-electron chi connectivity index (χ1n) is 10.5. The third-order valence-electron chi connectivity index (χ3n) is 5.29. The van der Waals surface area contributed by atoms with Crippen LogP contribution in [0, 0.1) is 0 Å². The Labute approximate surface area is 185 Å². The Kier molecular flexibility index (Phi) is 6.28. The van der Waals surface area contributed by atoms with Gasteiger partial charge in [0, 0.05) is 17.0 Å². The molecule has 0 N–H and O–H groups in total. The molecule has 5 nitrogen and oxygen atoms in total. The fourth-order valence-electron chi connectivity index (χ4n) is 3.63. The van der Waals surface area contributed by atoms with Crippen LogP contribution in [0.25, 0.3) is 10.2 Å². The summed E-state index contributed by atoms with van der Waals surface area (Å²) in [6.07, 6.45) is 1.45. The molecule has 0 unspecified atom stereocenters. The molecule has 0 atom stereocenters. The number of fused-ring (bicyclic) bond motifs is 1. The molecule has 0 radical (unpaired) electrons. The molecule has 0 spiro atoms. The normalized spacial score (nSPS) is 11.0. The van der Waals surface area contributed by atoms with Gasteiger partial charge in [-0.05, 0) is 30.2 Å². The standard InChI is InChI=1S/C25H25N3O2S/c1-3-20-15-21-24(31-20)26-22(4-2)28(25(21)30)17-23(29)27(19-13-9-6-10-14-19)16-18-11-7-5-8-12-18/h5-15H,3-4,16-17H2,1-2H3. The molecule has 0 aliphatic heterocycles. The summed E-state index contributed by atoms with van der Waals surface area (Å²) < 4.78 is 1.54. The van der Waals surface area contributed by atoms with E-state index in [9.17, 15) is 9.59 Å². The molecule has 2 aromatic heterocycles. The number of amides is 1. The summed E-state index contributed by atoms with van der Waals surface area (Å²) in [6.45, 7) is 4.43. The van der Waals surface area contributed by atoms with E-state index in [1.807, 2.05) is 73.7 Å². The van der Waals surface area contributed by atoms with Gasteiger partial charge in [0.05, 0.1) is 11.9 Å². The Hall–Kier alpha value is -3.25. The van der Waals surface area contributed by atoms with Crippen LogP contribution >= 0.6 is 11.3 Å². The van der Waals surface area contributed by atoms with Gasteiger partial charge in [0.15, 0.2) is 0 Å². The van der Waals surface area contributed by atoms with E-state index in [1.54, 1.807) is 16.2 Å². The molecule has 4 rings (SSSR count). The Morgan fingerprint density at radius 2 is 1.68 bits per heavy atom. The number of aryl methyl sites for hydroxylation is 2. The number of aromatic nitrogens is 2. The zero-order valence-electron chi connectivity index (χ0n) is 17.7. The molecule has 0 aliphatic rings. The van der Waals surface area contributed by atoms with Gasteiger partial charge in [-0.3, -0.25) is 14.2 Å². The fraction of sp³-hybridized carbons (Fsp3) is 0.240. The molecular formula is C25H25N3O2S. The van der Waals surface area contributed by atoms with Crippen molar-refractivity contribution < 1.29 is 4.79 Å². The highest BCUT2D eigenvalue weighted by Crippen LogP contribution is 2.23. The maximum Gasteiger partial charge on any atom is 0.262 e. The van der Waals surface area contributed by atoms with Gasteiger partial charge in [-0.15, -0.1) is 11.3 Å². The number of para-hydroxylation sites is 1. The quantitative estimate of drug-likeness (QED) is 0.422. The van der Waals surface area contributed by atoms with Crippen LogP contribution in [0.4, 0.5) is 5.69 Å². The molecular weight excluding hydrogens is 406 g/mol. The van der Waals surface area contributed by atoms with E-state index in [-0.39, 0.29) is 18.0 Å². The van der Waals surface area contributed by atoms with Gasteiger partial charge in [-0.25, -0.2) is 4.98 Å². The first-order chi connectivity index (χ1) is 15.1. The smallest absolute Gasteiger partial charge is 0.262 e. The van der Waals surface area contributed by atoms with Crippen LogP contribution in [0.3, 0.4) is 0 Å². The number of hydrogen-bond acceptors (Lipinski definition) is 4. The summed E-state index contributed by atoms with van der Waals surface area (Å²) in [5.74, 6) is 0.502. The summed E-state index contributed by atoms with van der Waals surface area (Å²) >= 11 is 1.55. The van der Waals surface area contributed by atoms with Gasteiger partial charge in [-0.2, -0.15) is 0 Å². The van der Waals surface area contributed by atoms with Crippen LogP contribution in [0.1, 0.15) is 30.1 Å². The Morgan fingerprint density at radius 3 is 2.32 bits per heavy atom. The van der Waals surface area contributed by atoms with Crippen molar-refractivity contribution in [3.8, 4) is 0 Å². The molecule has 4 aromatic rings. The van der Waals surface area contributed by atoms with E-state index in [0.29, 0.717) is 24.2 Å². The number of carbonyl (C=O) groups excluding carboxylic acids is 1. The number of rotatable bonds is 7. The van der Waals surface area contributed by atoms with E-state index in [0.717, 1.165) is 27.4 Å². The minimum Gasteiger partial charge on any atom is -0.306 e. The average Bonchev–Trinajstić information content (AvgIpc) is 3.24. The van der Waals surface area contributed by atoms with Gasteiger partial charge in [0.25, 0.3) is 5.56 Å². The molecule has 0 aliphatic carbocycles. The van der Waals surface area contributed by atoms with E-state index >= 15 is 0 Å². The summed E-state index contributed by atoms with van der Waals surface area (Å²) in [4.78, 5) is 35.0. The molecule has 2 aromatic carbocycles. The molecule has 0 saturated carbocycles. The molecule has 0 fully saturated rings. The number of carbonyl (C=O) groups is 1. The van der Waals surface area contributed by atoms with Crippen LogP contribution < -0.4 is 10.5 Å². The third-order valence-corrected chi connectivity index (χ3v) is 6.46. The van der Waals surface area contributed by atoms with E-state index < -0.39 is 0 Å². The summed E-state index contributed by atoms with van der Waals surface area (Å²) in [6, 6.07) is 21.4. The van der Waals surface area contributed by atoms with Gasteiger partial charge < -0.3 is 4.90 Å². The van der Waals surface area contributed by atoms with Crippen LogP contribution in [0.15, 0.2) is 71.5 Å². The summed E-state index contributed by atoms with van der Waals surface area (Å²) in [5, 5.41) is 0.598. The molecule has 2 heterocycles. The second kappa shape index (κ2) is 9.27. The highest BCUT2D eigenvalue weighted by atomic mass is 32.1. The lowest BCUT2D eigenvalue weighted by atomic mass is 10.2. The maximum absolute atomic E-state index is 13.5. The molecule has 158 valence electrons. The van der Waals surface area contributed by atoms with Gasteiger partial charge in [0.1, 0.15) is 17.2 Å². The number of nitrogens with zero attached hydrogens (tertiary/aromatic N) is 3. The largest absolute Gasteiger partial charge is 0.306 e. The SMILES string of the molecule is CCc1cc2c(=O)n(CC(=O)N(Cc3ccccc3)c3ccccc3)c(CC)nc2s1. The van der Waals surface area contributed by atoms with E-state index in [4.69, 9.17) is 4.98 Å². The predicted octanol–water partition coefficient (Wildman–Crippen LogP) is 4.82. The second-order valence-electron chi connectivity index (χ2n) is 7.36. The Bertz CT molecular complexity index is 1250. The Balaban J connectivity index is 1.72. The summed E-state index contributed by atoms with van der Waals surface area (Å²) in [5.41, 5.74) is 1.70. The Morgan fingerprint density at radius 1 is 1.00 bits per heavy atom. The zero-order valence-corrected chi connectivity index (χ0v) is 18.6. The highest BCUT2D eigenvalue weighted by Gasteiger charge is 2.20. The van der Waals surface area contributed by atoms with E-state index in [2.05, 4.69) is 6.92 Å². The van der Waals surface area contributed by atoms with Crippen molar-refractivity contribution in [2.45, 2.75) is 39.8 Å². The number of hydrogen-bond donors (Lipinski definition) is 0. The van der Waals surface area contributed by atoms with Crippen LogP contribution in [0.2, 0.25) is 0 Å². The van der Waals surface area contributed by atoms with Crippen molar-refractivity contribution in [3.05, 3.63) is 93.3 Å². The lowest BCUT2D eigenvalue weighted by molar-refractivity contribution is -0.119. The van der Waals surface area contributed by atoms with Crippen molar-refractivity contribution in [1.82, 2.24) is 9.55 Å². The number of thiophene rings is 1. The number of benzene rings is 2. The van der Waals surface area contributed by atoms with Crippen molar-refractivity contribution >= 4 is 33.1 Å². The van der Waals surface area contributed by atoms with E-state index in [1.165, 1.54) is 4.57 Å². The van der Waals surface area contributed by atoms with Gasteiger partial charge in [0.2, 0.25) is 5.91 Å². The zero-order chi connectivity index (χ0) is 21.8. The molecule has 0 saturated heterocycles. The minimum absolute atomic E-state index is 0.0377.